The number of amides is 1. The van der Waals surface area contributed by atoms with Gasteiger partial charge in [-0.25, -0.2) is 4.98 Å². The van der Waals surface area contributed by atoms with Crippen LogP contribution in [0.1, 0.15) is 44.1 Å². The van der Waals surface area contributed by atoms with E-state index < -0.39 is 0 Å². The first-order valence-electron chi connectivity index (χ1n) is 12.0. The Balaban J connectivity index is 1.17. The maximum atomic E-state index is 12.8. The molecule has 0 unspecified atom stereocenters. The highest BCUT2D eigenvalue weighted by molar-refractivity contribution is 5.94. The van der Waals surface area contributed by atoms with Crippen LogP contribution in [0.3, 0.4) is 0 Å². The van der Waals surface area contributed by atoms with Crippen LogP contribution in [0.25, 0.3) is 5.65 Å². The molecule has 1 N–H and O–H groups in total. The number of fused-ring (bicyclic) bond motifs is 1. The number of ether oxygens (including phenoxy) is 1. The fraction of sp³-hybridized carbons (Fsp3) is 0.207. The number of hydrogen-bond donors (Lipinski definition) is 1. The van der Waals surface area contributed by atoms with Gasteiger partial charge < -0.3 is 14.5 Å². The lowest BCUT2D eigenvalue weighted by Crippen LogP contribution is -2.23. The Hall–Kier alpha value is -4.39. The normalized spacial score (nSPS) is 11.1. The SMILES string of the molecule is Cc1ccc2nc(COc3ccc(C(=O)NCc4c(C)nn(Cc5ccccc5)c4C)cc3)cn2c1. The molecule has 7 nitrogen and oxygen atoms in total. The summed E-state index contributed by atoms with van der Waals surface area (Å²) < 4.78 is 9.87. The molecule has 0 bridgehead atoms. The summed E-state index contributed by atoms with van der Waals surface area (Å²) in [4.78, 5) is 17.3. The Labute approximate surface area is 210 Å². The zero-order valence-electron chi connectivity index (χ0n) is 20.7. The highest BCUT2D eigenvalue weighted by Crippen LogP contribution is 2.17. The molecule has 0 spiro atoms. The third-order valence-electron chi connectivity index (χ3n) is 6.28. The van der Waals surface area contributed by atoms with Gasteiger partial charge >= 0.3 is 0 Å². The molecule has 0 radical (unpaired) electrons. The van der Waals surface area contributed by atoms with Crippen LogP contribution in [0.15, 0.2) is 79.1 Å². The van der Waals surface area contributed by atoms with Crippen LogP contribution < -0.4 is 10.1 Å². The number of rotatable bonds is 8. The predicted octanol–water partition coefficient (Wildman–Crippen LogP) is 5.01. The highest BCUT2D eigenvalue weighted by atomic mass is 16.5. The second-order valence-corrected chi connectivity index (χ2v) is 8.99. The maximum absolute atomic E-state index is 12.8. The van der Waals surface area contributed by atoms with E-state index in [1.165, 1.54) is 11.1 Å². The molecule has 0 fully saturated rings. The number of carbonyl (C=O) groups excluding carboxylic acids is 1. The van der Waals surface area contributed by atoms with Crippen LogP contribution in [0, 0.1) is 20.8 Å². The summed E-state index contributed by atoms with van der Waals surface area (Å²) in [6.45, 7) is 7.56. The van der Waals surface area contributed by atoms with Crippen molar-refractivity contribution in [2.24, 2.45) is 0 Å². The third kappa shape index (κ3) is 5.15. The minimum atomic E-state index is -0.133. The molecule has 3 aromatic heterocycles. The topological polar surface area (TPSA) is 73.4 Å². The number of nitrogens with one attached hydrogen (secondary N) is 1. The van der Waals surface area contributed by atoms with Crippen LogP contribution in [-0.4, -0.2) is 25.1 Å². The first-order valence-corrected chi connectivity index (χ1v) is 12.0. The number of carbonyl (C=O) groups is 1. The number of imidazole rings is 1. The van der Waals surface area contributed by atoms with Gasteiger partial charge in [-0.3, -0.25) is 9.48 Å². The summed E-state index contributed by atoms with van der Waals surface area (Å²) in [6, 6.07) is 21.4. The number of hydrogen-bond acceptors (Lipinski definition) is 4. The van der Waals surface area contributed by atoms with Crippen molar-refractivity contribution < 1.29 is 9.53 Å². The molecule has 0 saturated carbocycles. The number of aryl methyl sites for hydroxylation is 2. The van der Waals surface area contributed by atoms with Gasteiger partial charge in [0.2, 0.25) is 0 Å². The van der Waals surface area contributed by atoms with Gasteiger partial charge in [-0.05, 0) is 62.2 Å². The minimum Gasteiger partial charge on any atom is -0.487 e. The number of pyridine rings is 1. The fourth-order valence-electron chi connectivity index (χ4n) is 4.26. The third-order valence-corrected chi connectivity index (χ3v) is 6.28. The summed E-state index contributed by atoms with van der Waals surface area (Å²) in [6.07, 6.45) is 4.01. The predicted molar refractivity (Wildman–Crippen MR) is 139 cm³/mol. The molecule has 0 atom stereocenters. The molecule has 7 heteroatoms. The fourth-order valence-corrected chi connectivity index (χ4v) is 4.26. The van der Waals surface area contributed by atoms with Gasteiger partial charge in [-0.15, -0.1) is 0 Å². The lowest BCUT2D eigenvalue weighted by atomic mass is 10.1. The Morgan fingerprint density at radius 1 is 0.944 bits per heavy atom. The van der Waals surface area contributed by atoms with Crippen molar-refractivity contribution in [3.05, 3.63) is 118 Å². The molecule has 2 aromatic carbocycles. The maximum Gasteiger partial charge on any atom is 0.251 e. The van der Waals surface area contributed by atoms with E-state index in [1.807, 2.05) is 77.8 Å². The smallest absolute Gasteiger partial charge is 0.251 e. The lowest BCUT2D eigenvalue weighted by molar-refractivity contribution is 0.0951. The lowest BCUT2D eigenvalue weighted by Gasteiger charge is -2.08. The zero-order chi connectivity index (χ0) is 25.1. The summed E-state index contributed by atoms with van der Waals surface area (Å²) in [5.41, 5.74) is 7.71. The Bertz CT molecular complexity index is 1500. The van der Waals surface area contributed by atoms with Crippen LogP contribution in [0.5, 0.6) is 5.75 Å². The Morgan fingerprint density at radius 2 is 1.72 bits per heavy atom. The molecule has 0 aliphatic rings. The summed E-state index contributed by atoms with van der Waals surface area (Å²) in [7, 11) is 0. The first kappa shape index (κ1) is 23.4. The van der Waals surface area contributed by atoms with E-state index in [0.29, 0.717) is 31.0 Å². The standard InChI is InChI=1S/C29H29N5O2/c1-20-9-14-28-31-25(18-33(28)16-20)19-36-26-12-10-24(11-13-26)29(35)30-15-27-21(2)32-34(22(27)3)17-23-7-5-4-6-8-23/h4-14,16,18H,15,17,19H2,1-3H3,(H,30,35). The van der Waals surface area contributed by atoms with E-state index in [9.17, 15) is 4.79 Å². The molecule has 0 saturated heterocycles. The van der Waals surface area contributed by atoms with Gasteiger partial charge in [0, 0.05) is 35.8 Å². The molecule has 182 valence electrons. The van der Waals surface area contributed by atoms with E-state index >= 15 is 0 Å². The molecule has 0 aliphatic heterocycles. The second kappa shape index (κ2) is 10.1. The van der Waals surface area contributed by atoms with Crippen molar-refractivity contribution in [3.8, 4) is 5.75 Å². The number of aromatic nitrogens is 4. The van der Waals surface area contributed by atoms with Crippen molar-refractivity contribution in [3.63, 3.8) is 0 Å². The Kier molecular flexibility index (Phi) is 6.54. The van der Waals surface area contributed by atoms with Crippen LogP contribution in [0.2, 0.25) is 0 Å². The molecule has 36 heavy (non-hydrogen) atoms. The van der Waals surface area contributed by atoms with E-state index in [0.717, 1.165) is 28.3 Å². The molecule has 1 amide bonds. The molecular weight excluding hydrogens is 450 g/mol. The molecule has 5 aromatic rings. The number of nitrogens with zero attached hydrogens (tertiary/aromatic N) is 4. The molecule has 5 rings (SSSR count). The van der Waals surface area contributed by atoms with E-state index in [4.69, 9.17) is 4.74 Å². The quantitative estimate of drug-likeness (QED) is 0.339. The van der Waals surface area contributed by atoms with Crippen molar-refractivity contribution in [1.29, 1.82) is 0 Å². The van der Waals surface area contributed by atoms with Gasteiger partial charge in [-0.1, -0.05) is 36.4 Å². The van der Waals surface area contributed by atoms with Crippen LogP contribution in [0.4, 0.5) is 0 Å². The minimum absolute atomic E-state index is 0.133. The molecule has 3 heterocycles. The van der Waals surface area contributed by atoms with E-state index in [1.54, 1.807) is 12.1 Å². The summed E-state index contributed by atoms with van der Waals surface area (Å²) in [5, 5.41) is 7.70. The van der Waals surface area contributed by atoms with Crippen molar-refractivity contribution in [2.75, 3.05) is 0 Å². The Morgan fingerprint density at radius 3 is 2.50 bits per heavy atom. The van der Waals surface area contributed by atoms with Gasteiger partial charge in [0.1, 0.15) is 18.0 Å². The second-order valence-electron chi connectivity index (χ2n) is 8.99. The van der Waals surface area contributed by atoms with Gasteiger partial charge in [0.25, 0.3) is 5.91 Å². The van der Waals surface area contributed by atoms with E-state index in [2.05, 4.69) is 34.5 Å². The monoisotopic (exact) mass is 479 g/mol. The van der Waals surface area contributed by atoms with Gasteiger partial charge in [0.05, 0.1) is 17.9 Å². The zero-order valence-corrected chi connectivity index (χ0v) is 20.7. The van der Waals surface area contributed by atoms with Crippen molar-refractivity contribution in [1.82, 2.24) is 24.5 Å². The summed E-state index contributed by atoms with van der Waals surface area (Å²) >= 11 is 0. The molecular formula is C29H29N5O2. The first-order chi connectivity index (χ1) is 17.5. The van der Waals surface area contributed by atoms with Crippen LogP contribution >= 0.6 is 0 Å². The average molecular weight is 480 g/mol. The largest absolute Gasteiger partial charge is 0.487 e. The van der Waals surface area contributed by atoms with Crippen molar-refractivity contribution in [2.45, 2.75) is 40.5 Å². The van der Waals surface area contributed by atoms with Gasteiger partial charge in [-0.2, -0.15) is 5.10 Å². The molecule has 0 aliphatic carbocycles. The summed E-state index contributed by atoms with van der Waals surface area (Å²) in [5.74, 6) is 0.556. The van der Waals surface area contributed by atoms with Gasteiger partial charge in [0.15, 0.2) is 0 Å². The van der Waals surface area contributed by atoms with E-state index in [-0.39, 0.29) is 5.91 Å². The highest BCUT2D eigenvalue weighted by Gasteiger charge is 2.14. The average Bonchev–Trinajstić information content (AvgIpc) is 3.41. The number of benzene rings is 2. The van der Waals surface area contributed by atoms with Crippen LogP contribution in [-0.2, 0) is 19.7 Å². The van der Waals surface area contributed by atoms with Crippen molar-refractivity contribution >= 4 is 11.6 Å².